The number of amides is 1. The molecule has 11 heteroatoms. The third-order valence-corrected chi connectivity index (χ3v) is 5.64. The van der Waals surface area contributed by atoms with Crippen molar-refractivity contribution >= 4 is 28.1 Å². The van der Waals surface area contributed by atoms with Crippen molar-refractivity contribution in [3.8, 4) is 0 Å². The first-order chi connectivity index (χ1) is 16.5. The summed E-state index contributed by atoms with van der Waals surface area (Å²) in [5.74, 6) is -0.287. The summed E-state index contributed by atoms with van der Waals surface area (Å²) >= 11 is 1.43. The van der Waals surface area contributed by atoms with Gasteiger partial charge in [0.2, 0.25) is 0 Å². The zero-order chi connectivity index (χ0) is 24.6. The number of nitrogens with two attached hydrogens (primary N) is 1. The number of nitrogens with one attached hydrogen (secondary N) is 2. The Kier molecular flexibility index (Phi) is 13.6. The molecular weight excluding hydrogens is 460 g/mol. The number of aromatic nitrogens is 1. The lowest BCUT2D eigenvalue weighted by molar-refractivity contribution is -0.00379. The second-order valence-electron chi connectivity index (χ2n) is 7.35. The normalized spacial score (nSPS) is 12.0. The number of ether oxygens (including phenoxy) is 4. The van der Waals surface area contributed by atoms with Crippen molar-refractivity contribution in [3.63, 3.8) is 0 Å². The number of rotatable bonds is 18. The van der Waals surface area contributed by atoms with Gasteiger partial charge in [0.1, 0.15) is 6.23 Å². The van der Waals surface area contributed by atoms with E-state index in [4.69, 9.17) is 24.7 Å². The van der Waals surface area contributed by atoms with E-state index < -0.39 is 6.23 Å². The fraction of sp³-hybridized carbons (Fsp3) is 0.565. The van der Waals surface area contributed by atoms with Gasteiger partial charge in [-0.3, -0.25) is 10.1 Å². The van der Waals surface area contributed by atoms with Crippen LogP contribution in [0.3, 0.4) is 0 Å². The van der Waals surface area contributed by atoms with Gasteiger partial charge in [0, 0.05) is 23.5 Å². The van der Waals surface area contributed by atoms with Crippen molar-refractivity contribution in [2.75, 3.05) is 70.0 Å². The number of para-hydroxylation sites is 1. The van der Waals surface area contributed by atoms with Gasteiger partial charge in [0.15, 0.2) is 5.13 Å². The van der Waals surface area contributed by atoms with Gasteiger partial charge >= 0.3 is 0 Å². The molecule has 0 aliphatic rings. The summed E-state index contributed by atoms with van der Waals surface area (Å²) in [6.07, 6.45) is -0.513. The Bertz CT molecular complexity index is 831. The molecule has 0 spiro atoms. The van der Waals surface area contributed by atoms with Gasteiger partial charge in [0.25, 0.3) is 5.91 Å². The number of thiazole rings is 1. The smallest absolute Gasteiger partial charge is 0.259 e. The molecule has 1 unspecified atom stereocenters. The van der Waals surface area contributed by atoms with Gasteiger partial charge < -0.3 is 35.1 Å². The van der Waals surface area contributed by atoms with Crippen LogP contribution < -0.4 is 16.4 Å². The van der Waals surface area contributed by atoms with E-state index in [0.29, 0.717) is 82.2 Å². The lowest BCUT2D eigenvalue weighted by Crippen LogP contribution is -2.23. The second-order valence-corrected chi connectivity index (χ2v) is 8.55. The van der Waals surface area contributed by atoms with Crippen LogP contribution in [-0.2, 0) is 18.9 Å². The van der Waals surface area contributed by atoms with Crippen LogP contribution in [0.2, 0.25) is 0 Å². The van der Waals surface area contributed by atoms with E-state index in [1.165, 1.54) is 11.3 Å². The first kappa shape index (κ1) is 28.1. The third-order valence-electron chi connectivity index (χ3n) is 4.66. The molecule has 34 heavy (non-hydrogen) atoms. The molecule has 1 aromatic heterocycles. The molecule has 1 aromatic carbocycles. The molecule has 0 aliphatic heterocycles. The predicted octanol–water partition coefficient (Wildman–Crippen LogP) is 2.16. The van der Waals surface area contributed by atoms with Gasteiger partial charge in [-0.15, -0.1) is 11.3 Å². The average molecular weight is 497 g/mol. The highest BCUT2D eigenvalue weighted by molar-refractivity contribution is 7.15. The highest BCUT2D eigenvalue weighted by Crippen LogP contribution is 2.23. The van der Waals surface area contributed by atoms with Crippen LogP contribution in [0, 0.1) is 13.8 Å². The number of anilines is 2. The zero-order valence-corrected chi connectivity index (χ0v) is 20.7. The minimum absolute atomic E-state index is 0.287. The number of aliphatic hydroxyl groups excluding tert-OH is 1. The second kappa shape index (κ2) is 16.5. The maximum absolute atomic E-state index is 12.7. The molecule has 1 heterocycles. The SMILES string of the molecule is Cc1nc(NC(=O)c2ccccc2NC(O)CCOCCOCCOCCOCCN)sc1C. The van der Waals surface area contributed by atoms with Crippen LogP contribution in [0.1, 0.15) is 27.3 Å². The van der Waals surface area contributed by atoms with E-state index in [0.717, 1.165) is 10.6 Å². The Hall–Kier alpha value is -2.12. The van der Waals surface area contributed by atoms with Crippen molar-refractivity contribution in [1.29, 1.82) is 0 Å². The van der Waals surface area contributed by atoms with Crippen molar-refractivity contribution in [1.82, 2.24) is 4.98 Å². The van der Waals surface area contributed by atoms with Gasteiger partial charge in [-0.1, -0.05) is 12.1 Å². The lowest BCUT2D eigenvalue weighted by Gasteiger charge is -2.17. The summed E-state index contributed by atoms with van der Waals surface area (Å²) in [6, 6.07) is 7.02. The predicted molar refractivity (Wildman–Crippen MR) is 133 cm³/mol. The van der Waals surface area contributed by atoms with E-state index in [2.05, 4.69) is 15.6 Å². The van der Waals surface area contributed by atoms with Crippen LogP contribution >= 0.6 is 11.3 Å². The molecule has 0 aliphatic carbocycles. The van der Waals surface area contributed by atoms with E-state index in [1.807, 2.05) is 13.8 Å². The van der Waals surface area contributed by atoms with Crippen LogP contribution in [-0.4, -0.2) is 81.6 Å². The summed E-state index contributed by atoms with van der Waals surface area (Å²) < 4.78 is 21.5. The molecule has 0 radical (unpaired) electrons. The Labute approximate surface area is 204 Å². The Morgan fingerprint density at radius 3 is 2.18 bits per heavy atom. The van der Waals surface area contributed by atoms with E-state index >= 15 is 0 Å². The summed E-state index contributed by atoms with van der Waals surface area (Å²) in [5.41, 5.74) is 7.18. The summed E-state index contributed by atoms with van der Waals surface area (Å²) in [4.78, 5) is 18.1. The highest BCUT2D eigenvalue weighted by Gasteiger charge is 2.15. The molecule has 0 bridgehead atoms. The minimum Gasteiger partial charge on any atom is -0.379 e. The minimum atomic E-state index is -0.867. The molecular formula is C23H36N4O6S. The molecule has 0 saturated carbocycles. The quantitative estimate of drug-likeness (QED) is 0.181. The van der Waals surface area contributed by atoms with Crippen molar-refractivity contribution in [3.05, 3.63) is 40.4 Å². The van der Waals surface area contributed by atoms with Gasteiger partial charge in [-0.05, 0) is 26.0 Å². The number of nitrogens with zero attached hydrogens (tertiary/aromatic N) is 1. The third kappa shape index (κ3) is 10.9. The number of aliphatic hydroxyl groups is 1. The average Bonchev–Trinajstić information content (AvgIpc) is 3.13. The molecule has 1 amide bonds. The molecule has 2 aromatic rings. The van der Waals surface area contributed by atoms with E-state index in [9.17, 15) is 9.90 Å². The van der Waals surface area contributed by atoms with Crippen molar-refractivity contribution in [2.24, 2.45) is 5.73 Å². The van der Waals surface area contributed by atoms with Gasteiger partial charge in [0.05, 0.1) is 64.1 Å². The molecule has 190 valence electrons. The summed E-state index contributed by atoms with van der Waals surface area (Å²) in [7, 11) is 0. The number of hydrogen-bond acceptors (Lipinski definition) is 10. The van der Waals surface area contributed by atoms with Crippen molar-refractivity contribution in [2.45, 2.75) is 26.5 Å². The fourth-order valence-electron chi connectivity index (χ4n) is 2.79. The zero-order valence-electron chi connectivity index (χ0n) is 19.9. The van der Waals surface area contributed by atoms with Crippen LogP contribution in [0.5, 0.6) is 0 Å². The standard InChI is InChI=1S/C23H36N4O6S/c1-17-18(2)34-23(25-17)27-22(29)19-5-3-4-6-20(19)26-21(28)7-9-30-11-13-32-15-16-33-14-12-31-10-8-24/h3-6,21,26,28H,7-16,24H2,1-2H3,(H,25,27,29). The van der Waals surface area contributed by atoms with Gasteiger partial charge in [-0.25, -0.2) is 4.98 Å². The van der Waals surface area contributed by atoms with Gasteiger partial charge in [-0.2, -0.15) is 0 Å². The van der Waals surface area contributed by atoms with E-state index in [-0.39, 0.29) is 5.91 Å². The number of aryl methyl sites for hydroxylation is 2. The number of carbonyl (C=O) groups excluding carboxylic acids is 1. The summed E-state index contributed by atoms with van der Waals surface area (Å²) in [6.45, 7) is 8.11. The number of hydrogen-bond donors (Lipinski definition) is 4. The first-order valence-electron chi connectivity index (χ1n) is 11.3. The molecule has 2 rings (SSSR count). The largest absolute Gasteiger partial charge is 0.379 e. The topological polar surface area (TPSA) is 137 Å². The highest BCUT2D eigenvalue weighted by atomic mass is 32.1. The number of benzene rings is 1. The molecule has 0 saturated heterocycles. The molecule has 10 nitrogen and oxygen atoms in total. The first-order valence-corrected chi connectivity index (χ1v) is 12.1. The van der Waals surface area contributed by atoms with Crippen LogP contribution in [0.25, 0.3) is 0 Å². The maximum atomic E-state index is 12.7. The lowest BCUT2D eigenvalue weighted by atomic mass is 10.1. The van der Waals surface area contributed by atoms with Crippen molar-refractivity contribution < 1.29 is 28.8 Å². The molecule has 5 N–H and O–H groups in total. The Morgan fingerprint density at radius 1 is 1.00 bits per heavy atom. The Balaban J connectivity index is 1.60. The van der Waals surface area contributed by atoms with E-state index in [1.54, 1.807) is 24.3 Å². The fourth-order valence-corrected chi connectivity index (χ4v) is 3.60. The summed E-state index contributed by atoms with van der Waals surface area (Å²) in [5, 5.41) is 16.7. The van der Waals surface area contributed by atoms with Crippen LogP contribution in [0.4, 0.5) is 10.8 Å². The Morgan fingerprint density at radius 2 is 1.59 bits per heavy atom. The molecule has 0 fully saturated rings. The number of carbonyl (C=O) groups is 1. The molecule has 1 atom stereocenters. The monoisotopic (exact) mass is 496 g/mol. The van der Waals surface area contributed by atoms with Crippen LogP contribution in [0.15, 0.2) is 24.3 Å². The maximum Gasteiger partial charge on any atom is 0.259 e.